The summed E-state index contributed by atoms with van der Waals surface area (Å²) in [6.07, 6.45) is 5.53. The number of H-pyrrole nitrogens is 1. The number of imidazole rings is 1. The van der Waals surface area contributed by atoms with Gasteiger partial charge in [0.05, 0.1) is 19.3 Å². The molecule has 0 saturated carbocycles. The van der Waals surface area contributed by atoms with Crippen LogP contribution in [0.25, 0.3) is 0 Å². The first-order valence-electron chi connectivity index (χ1n) is 8.32. The van der Waals surface area contributed by atoms with Crippen molar-refractivity contribution in [1.82, 2.24) is 14.9 Å². The number of ether oxygens (including phenoxy) is 1. The zero-order valence-corrected chi connectivity index (χ0v) is 13.4. The molecule has 1 aromatic carbocycles. The van der Waals surface area contributed by atoms with Gasteiger partial charge in [-0.25, -0.2) is 4.98 Å². The molecule has 1 fully saturated rings. The van der Waals surface area contributed by atoms with Crippen LogP contribution in [0, 0.1) is 0 Å². The molecule has 5 nitrogen and oxygen atoms in total. The van der Waals surface area contributed by atoms with Crippen molar-refractivity contribution in [3.8, 4) is 0 Å². The maximum absolute atomic E-state index is 10.2. The summed E-state index contributed by atoms with van der Waals surface area (Å²) in [5.74, 6) is 1.50. The molecule has 23 heavy (non-hydrogen) atoms. The predicted molar refractivity (Wildman–Crippen MR) is 89.1 cm³/mol. The number of nitrogens with zero attached hydrogens (tertiary/aromatic N) is 2. The highest BCUT2D eigenvalue weighted by molar-refractivity contribution is 5.13. The van der Waals surface area contributed by atoms with Crippen molar-refractivity contribution in [2.75, 3.05) is 26.2 Å². The lowest BCUT2D eigenvalue weighted by Gasteiger charge is -2.33. The average molecular weight is 315 g/mol. The van der Waals surface area contributed by atoms with Gasteiger partial charge in [0.15, 0.2) is 0 Å². The molecule has 5 heteroatoms. The molecule has 124 valence electrons. The van der Waals surface area contributed by atoms with Crippen molar-refractivity contribution in [3.05, 3.63) is 54.1 Å². The minimum atomic E-state index is -0.450. The molecule has 2 atom stereocenters. The van der Waals surface area contributed by atoms with Crippen LogP contribution in [0.15, 0.2) is 42.7 Å². The number of β-amino-alcohol motifs (C(OH)–C–C–N with tert-alkyl or cyclic N) is 1. The van der Waals surface area contributed by atoms with Crippen molar-refractivity contribution in [1.29, 1.82) is 0 Å². The average Bonchev–Trinajstić information content (AvgIpc) is 3.11. The van der Waals surface area contributed by atoms with Crippen molar-refractivity contribution in [2.45, 2.75) is 31.5 Å². The first-order chi connectivity index (χ1) is 11.3. The molecule has 0 amide bonds. The number of rotatable bonds is 7. The molecule has 2 heterocycles. The number of aliphatic hydroxyl groups excluding tert-OH is 1. The van der Waals surface area contributed by atoms with Gasteiger partial charge in [-0.3, -0.25) is 4.90 Å². The number of hydrogen-bond donors (Lipinski definition) is 2. The molecule has 1 aromatic heterocycles. The van der Waals surface area contributed by atoms with E-state index >= 15 is 0 Å². The van der Waals surface area contributed by atoms with Crippen molar-refractivity contribution < 1.29 is 9.84 Å². The highest BCUT2D eigenvalue weighted by atomic mass is 16.5. The van der Waals surface area contributed by atoms with E-state index in [4.69, 9.17) is 4.74 Å². The number of likely N-dealkylation sites (tertiary alicyclic amines) is 1. The second-order valence-corrected chi connectivity index (χ2v) is 6.23. The van der Waals surface area contributed by atoms with Gasteiger partial charge < -0.3 is 14.8 Å². The maximum atomic E-state index is 10.2. The molecule has 1 unspecified atom stereocenters. The molecule has 3 rings (SSSR count). The van der Waals surface area contributed by atoms with E-state index < -0.39 is 6.10 Å². The van der Waals surface area contributed by atoms with E-state index in [0.717, 1.165) is 37.3 Å². The number of hydrogen-bond acceptors (Lipinski definition) is 4. The molecule has 1 saturated heterocycles. The van der Waals surface area contributed by atoms with Crippen LogP contribution in [-0.4, -0.2) is 52.3 Å². The summed E-state index contributed by atoms with van der Waals surface area (Å²) in [5, 5.41) is 10.2. The summed E-state index contributed by atoms with van der Waals surface area (Å²) in [7, 11) is 0. The van der Waals surface area contributed by atoms with Gasteiger partial charge in [0, 0.05) is 31.4 Å². The lowest BCUT2D eigenvalue weighted by atomic mass is 9.97. The Morgan fingerprint density at radius 3 is 3.00 bits per heavy atom. The third kappa shape index (κ3) is 4.89. The van der Waals surface area contributed by atoms with Gasteiger partial charge in [-0.05, 0) is 24.9 Å². The predicted octanol–water partition coefficient (Wildman–Crippen LogP) is 2.17. The molecule has 2 N–H and O–H groups in total. The van der Waals surface area contributed by atoms with Gasteiger partial charge in [-0.1, -0.05) is 30.3 Å². The SMILES string of the molecule is O[C@@H](COCc1ccccc1)CN1CCCC(c2ncc[nH]2)C1. The molecular formula is C18H25N3O2. The molecule has 2 aromatic rings. The third-order valence-corrected chi connectivity index (χ3v) is 4.30. The fraction of sp³-hybridized carbons (Fsp3) is 0.500. The van der Waals surface area contributed by atoms with Crippen LogP contribution in [0.3, 0.4) is 0 Å². The van der Waals surface area contributed by atoms with Crippen molar-refractivity contribution >= 4 is 0 Å². The second kappa shape index (κ2) is 8.24. The van der Waals surface area contributed by atoms with E-state index in [1.165, 1.54) is 0 Å². The van der Waals surface area contributed by atoms with Crippen LogP contribution >= 0.6 is 0 Å². The Kier molecular flexibility index (Phi) is 5.80. The lowest BCUT2D eigenvalue weighted by Crippen LogP contribution is -2.41. The summed E-state index contributed by atoms with van der Waals surface area (Å²) in [5.41, 5.74) is 1.13. The summed E-state index contributed by atoms with van der Waals surface area (Å²) >= 11 is 0. The highest BCUT2D eigenvalue weighted by Gasteiger charge is 2.24. The Morgan fingerprint density at radius 2 is 2.22 bits per heavy atom. The molecule has 0 aliphatic carbocycles. The minimum Gasteiger partial charge on any atom is -0.389 e. The Hall–Kier alpha value is -1.69. The Balaban J connectivity index is 1.40. The number of aromatic amines is 1. The monoisotopic (exact) mass is 315 g/mol. The Bertz CT molecular complexity index is 559. The van der Waals surface area contributed by atoms with Gasteiger partial charge in [-0.2, -0.15) is 0 Å². The second-order valence-electron chi connectivity index (χ2n) is 6.23. The molecule has 1 aliphatic rings. The standard InChI is InChI=1S/C18H25N3O2/c22-17(14-23-13-15-5-2-1-3-6-15)12-21-10-4-7-16(11-21)18-19-8-9-20-18/h1-3,5-6,8-9,16-17,22H,4,7,10-14H2,(H,19,20)/t16?,17-/m1/s1. The van der Waals surface area contributed by atoms with Gasteiger partial charge in [0.1, 0.15) is 5.82 Å². The number of nitrogens with one attached hydrogen (secondary N) is 1. The zero-order valence-electron chi connectivity index (χ0n) is 13.4. The minimum absolute atomic E-state index is 0.372. The largest absolute Gasteiger partial charge is 0.389 e. The van der Waals surface area contributed by atoms with Crippen LogP contribution < -0.4 is 0 Å². The van der Waals surface area contributed by atoms with Gasteiger partial charge >= 0.3 is 0 Å². The molecular weight excluding hydrogens is 290 g/mol. The summed E-state index contributed by atoms with van der Waals surface area (Å²) in [4.78, 5) is 9.89. The van der Waals surface area contributed by atoms with E-state index in [0.29, 0.717) is 25.7 Å². The Labute approximate surface area is 137 Å². The fourth-order valence-electron chi connectivity index (χ4n) is 3.18. The van der Waals surface area contributed by atoms with Gasteiger partial charge in [0.25, 0.3) is 0 Å². The molecule has 1 aliphatic heterocycles. The normalized spacial score (nSPS) is 20.5. The number of aromatic nitrogens is 2. The third-order valence-electron chi connectivity index (χ3n) is 4.30. The fourth-order valence-corrected chi connectivity index (χ4v) is 3.18. The van der Waals surface area contributed by atoms with Crippen LogP contribution in [-0.2, 0) is 11.3 Å². The first-order valence-corrected chi connectivity index (χ1v) is 8.32. The first kappa shape index (κ1) is 16.2. The number of benzene rings is 1. The van der Waals surface area contributed by atoms with E-state index in [9.17, 15) is 5.11 Å². The van der Waals surface area contributed by atoms with Crippen LogP contribution in [0.5, 0.6) is 0 Å². The Morgan fingerprint density at radius 1 is 1.35 bits per heavy atom. The highest BCUT2D eigenvalue weighted by Crippen LogP contribution is 2.24. The van der Waals surface area contributed by atoms with Gasteiger partial charge in [0.2, 0.25) is 0 Å². The van der Waals surface area contributed by atoms with E-state index in [-0.39, 0.29) is 0 Å². The molecule has 0 bridgehead atoms. The smallest absolute Gasteiger partial charge is 0.110 e. The van der Waals surface area contributed by atoms with E-state index in [1.807, 2.05) is 36.5 Å². The van der Waals surface area contributed by atoms with Crippen LogP contribution in [0.1, 0.15) is 30.1 Å². The lowest BCUT2D eigenvalue weighted by molar-refractivity contribution is 0.00552. The van der Waals surface area contributed by atoms with Crippen molar-refractivity contribution in [3.63, 3.8) is 0 Å². The summed E-state index contributed by atoms with van der Waals surface area (Å²) < 4.78 is 5.63. The zero-order chi connectivity index (χ0) is 15.9. The van der Waals surface area contributed by atoms with Crippen LogP contribution in [0.4, 0.5) is 0 Å². The molecule has 0 spiro atoms. The van der Waals surface area contributed by atoms with Crippen LogP contribution in [0.2, 0.25) is 0 Å². The topological polar surface area (TPSA) is 61.4 Å². The van der Waals surface area contributed by atoms with E-state index in [2.05, 4.69) is 14.9 Å². The summed E-state index contributed by atoms with van der Waals surface area (Å²) in [6.45, 7) is 3.56. The number of piperidine rings is 1. The van der Waals surface area contributed by atoms with Gasteiger partial charge in [-0.15, -0.1) is 0 Å². The summed E-state index contributed by atoms with van der Waals surface area (Å²) in [6, 6.07) is 10.1. The number of aliphatic hydroxyl groups is 1. The quantitative estimate of drug-likeness (QED) is 0.822. The maximum Gasteiger partial charge on any atom is 0.110 e. The van der Waals surface area contributed by atoms with Crippen molar-refractivity contribution in [2.24, 2.45) is 0 Å². The van der Waals surface area contributed by atoms with E-state index in [1.54, 1.807) is 6.20 Å². The molecule has 0 radical (unpaired) electrons.